The van der Waals surface area contributed by atoms with E-state index in [1.165, 1.54) is 35.7 Å². The van der Waals surface area contributed by atoms with Gasteiger partial charge in [-0.15, -0.1) is 11.3 Å². The number of rotatable bonds is 7. The van der Waals surface area contributed by atoms with E-state index in [1.807, 2.05) is 11.4 Å². The Balaban J connectivity index is 1.52. The third kappa shape index (κ3) is 4.78. The van der Waals surface area contributed by atoms with Crippen molar-refractivity contribution in [3.8, 4) is 11.5 Å². The molecule has 1 aromatic carbocycles. The first-order valence-electron chi connectivity index (χ1n) is 8.72. The molecular weight excluding hydrogens is 390 g/mol. The number of halogens is 2. The largest absolute Gasteiger partial charge is 0.493 e. The first-order chi connectivity index (χ1) is 13.5. The number of hydrogen-bond acceptors (Lipinski definition) is 5. The van der Waals surface area contributed by atoms with Crippen molar-refractivity contribution in [2.24, 2.45) is 0 Å². The molecule has 1 aromatic heterocycles. The number of thiophene rings is 1. The first kappa shape index (κ1) is 20.1. The van der Waals surface area contributed by atoms with Gasteiger partial charge in [0.05, 0.1) is 7.11 Å². The Bertz CT molecular complexity index is 856. The molecule has 0 fully saturated rings. The van der Waals surface area contributed by atoms with Crippen molar-refractivity contribution in [3.63, 3.8) is 0 Å². The molecule has 0 saturated heterocycles. The number of nitrogens with one attached hydrogen (secondary N) is 1. The summed E-state index contributed by atoms with van der Waals surface area (Å²) in [7, 11) is 1.32. The van der Waals surface area contributed by atoms with Crippen LogP contribution < -0.4 is 14.8 Å². The van der Waals surface area contributed by atoms with Gasteiger partial charge in [-0.05, 0) is 41.6 Å². The van der Waals surface area contributed by atoms with Crippen molar-refractivity contribution < 1.29 is 27.8 Å². The maximum atomic E-state index is 12.5. The van der Waals surface area contributed by atoms with Crippen LogP contribution in [-0.2, 0) is 17.8 Å². The Hall–Kier alpha value is -2.68. The number of ether oxygens (including phenoxy) is 2. The number of amides is 2. The number of nitrogens with zero attached hydrogens (tertiary/aromatic N) is 1. The lowest BCUT2D eigenvalue weighted by atomic mass is 10.1. The first-order valence-corrected chi connectivity index (χ1v) is 9.60. The lowest BCUT2D eigenvalue weighted by Crippen LogP contribution is -2.37. The minimum atomic E-state index is -3.03. The molecule has 3 rings (SSSR count). The second-order valence-electron chi connectivity index (χ2n) is 6.18. The molecule has 0 unspecified atom stereocenters. The average molecular weight is 410 g/mol. The molecule has 9 heteroatoms. The van der Waals surface area contributed by atoms with Crippen molar-refractivity contribution in [2.75, 3.05) is 20.2 Å². The molecule has 6 nitrogen and oxygen atoms in total. The van der Waals surface area contributed by atoms with Crippen LogP contribution in [0.4, 0.5) is 8.78 Å². The predicted molar refractivity (Wildman–Crippen MR) is 100 cm³/mol. The van der Waals surface area contributed by atoms with E-state index in [2.05, 4.69) is 10.1 Å². The Labute approximate surface area is 165 Å². The molecule has 0 spiro atoms. The van der Waals surface area contributed by atoms with E-state index in [-0.39, 0.29) is 35.9 Å². The molecule has 0 radical (unpaired) electrons. The van der Waals surface area contributed by atoms with Gasteiger partial charge in [-0.2, -0.15) is 8.78 Å². The van der Waals surface area contributed by atoms with Crippen molar-refractivity contribution in [3.05, 3.63) is 45.6 Å². The molecule has 28 heavy (non-hydrogen) atoms. The average Bonchev–Trinajstić information content (AvgIpc) is 3.15. The molecule has 2 heterocycles. The summed E-state index contributed by atoms with van der Waals surface area (Å²) in [5, 5.41) is 4.66. The van der Waals surface area contributed by atoms with Gasteiger partial charge in [0.2, 0.25) is 5.91 Å². The number of benzene rings is 1. The highest BCUT2D eigenvalue weighted by molar-refractivity contribution is 7.10. The summed E-state index contributed by atoms with van der Waals surface area (Å²) in [5.74, 6) is -0.632. The van der Waals surface area contributed by atoms with E-state index in [9.17, 15) is 18.4 Å². The van der Waals surface area contributed by atoms with Crippen LogP contribution in [0.2, 0.25) is 0 Å². The Kier molecular flexibility index (Phi) is 6.45. The van der Waals surface area contributed by atoms with Gasteiger partial charge in [-0.25, -0.2) is 0 Å². The lowest BCUT2D eigenvalue weighted by molar-refractivity contribution is -0.131. The summed E-state index contributed by atoms with van der Waals surface area (Å²) in [6.45, 7) is -1.61. The van der Waals surface area contributed by atoms with E-state index in [0.717, 1.165) is 6.42 Å². The standard InChI is InChI=1S/C19H20F2N2O4S/c1-26-14-3-2-12(10-15(14)27-19(20)21)18(25)22-7-4-17(24)23-8-5-16-13(11-23)6-9-28-16/h2-3,6,9-10,19H,4-5,7-8,11H2,1H3,(H,22,25). The van der Waals surface area contributed by atoms with Crippen molar-refractivity contribution >= 4 is 23.2 Å². The minimum Gasteiger partial charge on any atom is -0.493 e. The number of carbonyl (C=O) groups excluding carboxylic acids is 2. The molecule has 0 bridgehead atoms. The summed E-state index contributed by atoms with van der Waals surface area (Å²) in [6, 6.07) is 6.04. The fraction of sp³-hybridized carbons (Fsp3) is 0.368. The van der Waals surface area contributed by atoms with Crippen molar-refractivity contribution in [2.45, 2.75) is 26.0 Å². The number of methoxy groups -OCH3 is 1. The van der Waals surface area contributed by atoms with Gasteiger partial charge in [-0.3, -0.25) is 9.59 Å². The van der Waals surface area contributed by atoms with E-state index in [4.69, 9.17) is 4.74 Å². The summed E-state index contributed by atoms with van der Waals surface area (Å²) >= 11 is 1.70. The van der Waals surface area contributed by atoms with Crippen LogP contribution >= 0.6 is 11.3 Å². The van der Waals surface area contributed by atoms with Gasteiger partial charge >= 0.3 is 6.61 Å². The predicted octanol–water partition coefficient (Wildman–Crippen LogP) is 3.06. The highest BCUT2D eigenvalue weighted by Gasteiger charge is 2.21. The molecule has 0 aliphatic carbocycles. The zero-order valence-corrected chi connectivity index (χ0v) is 16.1. The summed E-state index contributed by atoms with van der Waals surface area (Å²) in [5.41, 5.74) is 1.32. The van der Waals surface area contributed by atoms with Crippen LogP contribution in [0.1, 0.15) is 27.2 Å². The molecule has 2 amide bonds. The normalized spacial score (nSPS) is 13.2. The number of carbonyl (C=O) groups is 2. The molecule has 1 aliphatic rings. The second-order valence-corrected chi connectivity index (χ2v) is 7.19. The van der Waals surface area contributed by atoms with Gasteiger partial charge in [-0.1, -0.05) is 0 Å². The maximum absolute atomic E-state index is 12.5. The Morgan fingerprint density at radius 1 is 1.29 bits per heavy atom. The topological polar surface area (TPSA) is 67.9 Å². The van der Waals surface area contributed by atoms with Gasteiger partial charge < -0.3 is 19.7 Å². The van der Waals surface area contributed by atoms with E-state index >= 15 is 0 Å². The molecule has 1 aliphatic heterocycles. The van der Waals surface area contributed by atoms with Crippen LogP contribution in [0.5, 0.6) is 11.5 Å². The minimum absolute atomic E-state index is 0.0337. The summed E-state index contributed by atoms with van der Waals surface area (Å²) in [6.07, 6.45) is 1.02. The smallest absolute Gasteiger partial charge is 0.387 e. The van der Waals surface area contributed by atoms with Crippen LogP contribution in [0, 0.1) is 0 Å². The SMILES string of the molecule is COc1ccc(C(=O)NCCC(=O)N2CCc3sccc3C2)cc1OC(F)F. The molecule has 150 valence electrons. The molecule has 0 saturated carbocycles. The zero-order valence-electron chi connectivity index (χ0n) is 15.2. The van der Waals surface area contributed by atoms with Gasteiger partial charge in [0.15, 0.2) is 11.5 Å². The van der Waals surface area contributed by atoms with Gasteiger partial charge in [0, 0.05) is 36.5 Å². The quantitative estimate of drug-likeness (QED) is 0.762. The van der Waals surface area contributed by atoms with E-state index in [1.54, 1.807) is 16.2 Å². The van der Waals surface area contributed by atoms with Crippen LogP contribution in [0.15, 0.2) is 29.6 Å². The lowest BCUT2D eigenvalue weighted by Gasteiger charge is -2.27. The fourth-order valence-corrected chi connectivity index (χ4v) is 3.90. The third-order valence-corrected chi connectivity index (χ3v) is 5.45. The molecular formula is C19H20F2N2O4S. The number of fused-ring (bicyclic) bond motifs is 1. The monoisotopic (exact) mass is 410 g/mol. The Morgan fingerprint density at radius 3 is 2.86 bits per heavy atom. The highest BCUT2D eigenvalue weighted by atomic mass is 32.1. The molecule has 0 atom stereocenters. The van der Waals surface area contributed by atoms with Crippen LogP contribution in [-0.4, -0.2) is 43.5 Å². The van der Waals surface area contributed by atoms with Gasteiger partial charge in [0.25, 0.3) is 5.91 Å². The Morgan fingerprint density at radius 2 is 2.11 bits per heavy atom. The van der Waals surface area contributed by atoms with Crippen molar-refractivity contribution in [1.82, 2.24) is 10.2 Å². The third-order valence-electron chi connectivity index (χ3n) is 4.43. The maximum Gasteiger partial charge on any atom is 0.387 e. The van der Waals surface area contributed by atoms with Crippen molar-refractivity contribution in [1.29, 1.82) is 0 Å². The molecule has 2 aromatic rings. The number of alkyl halides is 2. The second kappa shape index (κ2) is 9.01. The highest BCUT2D eigenvalue weighted by Crippen LogP contribution is 2.29. The number of hydrogen-bond donors (Lipinski definition) is 1. The van der Waals surface area contributed by atoms with E-state index in [0.29, 0.717) is 13.1 Å². The van der Waals surface area contributed by atoms with Crippen LogP contribution in [0.25, 0.3) is 0 Å². The fourth-order valence-electron chi connectivity index (χ4n) is 3.01. The zero-order chi connectivity index (χ0) is 20.1. The molecule has 1 N–H and O–H groups in total. The van der Waals surface area contributed by atoms with Crippen LogP contribution in [0.3, 0.4) is 0 Å². The summed E-state index contributed by atoms with van der Waals surface area (Å²) < 4.78 is 34.3. The van der Waals surface area contributed by atoms with E-state index < -0.39 is 12.5 Å². The summed E-state index contributed by atoms with van der Waals surface area (Å²) in [4.78, 5) is 27.7. The van der Waals surface area contributed by atoms with Gasteiger partial charge in [0.1, 0.15) is 0 Å².